The minimum Gasteiger partial charge on any atom is -0.457 e. The molecule has 3 aromatic heterocycles. The number of hydrogen-bond acceptors (Lipinski definition) is 3. The third-order valence-electron chi connectivity index (χ3n) is 14.7. The topological polar surface area (TPSA) is 44.9 Å². The quantitative estimate of drug-likeness (QED) is 0.178. The summed E-state index contributed by atoms with van der Waals surface area (Å²) in [5.41, 5.74) is 19.3. The summed E-state index contributed by atoms with van der Waals surface area (Å²) in [6.45, 7) is 26.2. The van der Waals surface area contributed by atoms with E-state index in [1.807, 2.05) is 24.7 Å². The minimum atomic E-state index is -0.577. The zero-order valence-electron chi connectivity index (χ0n) is 38.3. The predicted octanol–water partition coefficient (Wildman–Crippen LogP) is 14.5. The molecule has 0 radical (unpaired) electrons. The summed E-state index contributed by atoms with van der Waals surface area (Å²) in [7, 11) is 0. The van der Waals surface area contributed by atoms with Crippen molar-refractivity contribution >= 4 is 32.8 Å². The van der Waals surface area contributed by atoms with Crippen molar-refractivity contribution < 1.29 is 4.74 Å². The first-order chi connectivity index (χ1) is 29.9. The van der Waals surface area contributed by atoms with Crippen molar-refractivity contribution in [1.82, 2.24) is 19.1 Å². The Kier molecular flexibility index (Phi) is 7.38. The highest BCUT2D eigenvalue weighted by atomic mass is 16.5. The maximum atomic E-state index is 7.17. The van der Waals surface area contributed by atoms with Gasteiger partial charge in [0.1, 0.15) is 23.6 Å². The molecule has 5 nitrogen and oxygen atoms in total. The van der Waals surface area contributed by atoms with Gasteiger partial charge in [0.2, 0.25) is 0 Å². The number of imidazole rings is 1. The van der Waals surface area contributed by atoms with Gasteiger partial charge in [0.05, 0.1) is 33.2 Å². The zero-order valence-corrected chi connectivity index (χ0v) is 38.3. The molecule has 0 saturated heterocycles. The zero-order chi connectivity index (χ0) is 43.7. The number of pyridine rings is 1. The van der Waals surface area contributed by atoms with Crippen LogP contribution in [0.3, 0.4) is 0 Å². The molecule has 12 rings (SSSR count). The van der Waals surface area contributed by atoms with Crippen LogP contribution < -0.4 is 4.74 Å². The van der Waals surface area contributed by atoms with Gasteiger partial charge in [-0.05, 0) is 114 Å². The molecule has 3 aliphatic rings. The Morgan fingerprint density at radius 3 is 1.97 bits per heavy atom. The van der Waals surface area contributed by atoms with Gasteiger partial charge in [0.15, 0.2) is 0 Å². The lowest BCUT2D eigenvalue weighted by molar-refractivity contribution is 0.475. The molecule has 4 heterocycles. The molecule has 0 bridgehead atoms. The highest BCUT2D eigenvalue weighted by Crippen LogP contribution is 2.69. The molecule has 1 unspecified atom stereocenters. The van der Waals surface area contributed by atoms with Crippen molar-refractivity contribution in [3.8, 4) is 34.1 Å². The van der Waals surface area contributed by atoms with Gasteiger partial charge in [0, 0.05) is 40.1 Å². The number of ether oxygens (including phenoxy) is 1. The van der Waals surface area contributed by atoms with Crippen molar-refractivity contribution in [2.75, 3.05) is 0 Å². The summed E-state index contributed by atoms with van der Waals surface area (Å²) in [4.78, 5) is 9.92. The van der Waals surface area contributed by atoms with E-state index in [1.54, 1.807) is 0 Å². The molecule has 312 valence electrons. The third kappa shape index (κ3) is 4.99. The summed E-state index contributed by atoms with van der Waals surface area (Å²) < 4.78 is 11.8. The third-order valence-corrected chi connectivity index (χ3v) is 14.7. The first-order valence-corrected chi connectivity index (χ1v) is 22.6. The van der Waals surface area contributed by atoms with Crippen molar-refractivity contribution in [2.24, 2.45) is 0 Å². The normalized spacial score (nSPS) is 17.0. The van der Waals surface area contributed by atoms with Gasteiger partial charge < -0.3 is 4.74 Å². The molecule has 1 aliphatic heterocycles. The number of aromatic nitrogens is 4. The lowest BCUT2D eigenvalue weighted by atomic mass is 9.53. The number of para-hydroxylation sites is 2. The number of benzene rings is 6. The summed E-state index contributed by atoms with van der Waals surface area (Å²) in [5, 5.41) is 2.35. The molecule has 1 atom stereocenters. The van der Waals surface area contributed by atoms with Gasteiger partial charge in [-0.3, -0.25) is 9.13 Å². The van der Waals surface area contributed by atoms with Gasteiger partial charge in [-0.1, -0.05) is 137 Å². The van der Waals surface area contributed by atoms with Gasteiger partial charge in [-0.15, -0.1) is 0 Å². The van der Waals surface area contributed by atoms with E-state index in [1.165, 1.54) is 72.1 Å². The SMILES string of the molecule is CC(C)(C)c1cc2c(c(C(C)(C)C)c1)C13c4c-2cc(C(C)(C)C)cc4C(C)(C)c2cc(Oc4ccc5c6ccccc6n(-c6ccccn6)c5c4)cc(c21)-n1cnc2cccc3c21. The molecule has 0 amide bonds. The summed E-state index contributed by atoms with van der Waals surface area (Å²) in [5.74, 6) is 2.46. The smallest absolute Gasteiger partial charge is 0.137 e. The van der Waals surface area contributed by atoms with Gasteiger partial charge >= 0.3 is 0 Å². The Labute approximate surface area is 370 Å². The van der Waals surface area contributed by atoms with Crippen molar-refractivity contribution in [1.29, 1.82) is 0 Å². The summed E-state index contributed by atoms with van der Waals surface area (Å²) in [6.07, 6.45) is 3.89. The molecule has 0 N–H and O–H groups in total. The number of fused-ring (bicyclic) bond motifs is 6. The largest absolute Gasteiger partial charge is 0.457 e. The van der Waals surface area contributed by atoms with Crippen molar-refractivity contribution in [3.05, 3.63) is 178 Å². The minimum absolute atomic E-state index is 0.0373. The van der Waals surface area contributed by atoms with Crippen molar-refractivity contribution in [3.63, 3.8) is 0 Å². The Morgan fingerprint density at radius 2 is 1.24 bits per heavy atom. The fourth-order valence-corrected chi connectivity index (χ4v) is 11.6. The summed E-state index contributed by atoms with van der Waals surface area (Å²) >= 11 is 0. The number of hydrogen-bond donors (Lipinski definition) is 0. The second-order valence-electron chi connectivity index (χ2n) is 22.0. The van der Waals surface area contributed by atoms with Crippen molar-refractivity contribution in [2.45, 2.75) is 103 Å². The van der Waals surface area contributed by atoms with Gasteiger partial charge in [-0.25, -0.2) is 9.97 Å². The van der Waals surface area contributed by atoms with Crippen LogP contribution >= 0.6 is 0 Å². The highest BCUT2D eigenvalue weighted by molar-refractivity contribution is 6.09. The second-order valence-corrected chi connectivity index (χ2v) is 22.0. The monoisotopic (exact) mass is 822 g/mol. The molecule has 63 heavy (non-hydrogen) atoms. The van der Waals surface area contributed by atoms with Crippen LogP contribution in [0.15, 0.2) is 128 Å². The Balaban J connectivity index is 1.19. The van der Waals surface area contributed by atoms with E-state index in [2.05, 4.69) is 188 Å². The standard InChI is InChI=1S/C58H54N4O/c1-54(2,3)33-25-39-40-26-34(55(4,5)6)28-43-51(40)58(50(39)42(27-33)56(7,8)9)41-18-16-19-45-53(41)61(32-60-45)48-31-36(29-44(52(48)58)57(43,10)11)63-35-22-23-38-37-17-12-13-20-46(37)62(47(38)30-35)49-21-14-15-24-59-49/h12-32H,1-11H3. The van der Waals surface area contributed by atoms with E-state index >= 15 is 0 Å². The van der Waals surface area contributed by atoms with E-state index in [4.69, 9.17) is 14.7 Å². The Morgan fingerprint density at radius 1 is 0.540 bits per heavy atom. The fourth-order valence-electron chi connectivity index (χ4n) is 11.6. The van der Waals surface area contributed by atoms with E-state index < -0.39 is 5.41 Å². The van der Waals surface area contributed by atoms with Gasteiger partial charge in [-0.2, -0.15) is 0 Å². The molecule has 0 saturated carbocycles. The Hall–Kier alpha value is -6.46. The van der Waals surface area contributed by atoms with Crippen LogP contribution in [0.1, 0.15) is 126 Å². The lowest BCUT2D eigenvalue weighted by Gasteiger charge is -2.50. The number of rotatable bonds is 3. The van der Waals surface area contributed by atoms with E-state index in [0.29, 0.717) is 0 Å². The fraction of sp³-hybridized carbons (Fsp3) is 0.276. The average molecular weight is 823 g/mol. The molecular formula is C58H54N4O. The van der Waals surface area contributed by atoms with Crippen LogP contribution in [0, 0.1) is 0 Å². The molecular weight excluding hydrogens is 769 g/mol. The molecule has 1 spiro atoms. The molecule has 5 heteroatoms. The van der Waals surface area contributed by atoms with Crippen LogP contribution in [-0.2, 0) is 27.1 Å². The molecule has 6 aromatic carbocycles. The summed E-state index contributed by atoms with van der Waals surface area (Å²) in [6, 6.07) is 42.8. The first kappa shape index (κ1) is 38.2. The second kappa shape index (κ2) is 12.2. The van der Waals surface area contributed by atoms with Crippen LogP contribution in [0.4, 0.5) is 0 Å². The van der Waals surface area contributed by atoms with Crippen LogP contribution in [-0.4, -0.2) is 19.1 Å². The lowest BCUT2D eigenvalue weighted by Crippen LogP contribution is -2.44. The van der Waals surface area contributed by atoms with Crippen LogP contribution in [0.5, 0.6) is 11.5 Å². The van der Waals surface area contributed by atoms with E-state index in [-0.39, 0.29) is 21.7 Å². The average Bonchev–Trinajstić information content (AvgIpc) is 3.91. The number of nitrogens with zero attached hydrogens (tertiary/aromatic N) is 4. The van der Waals surface area contributed by atoms with Crippen LogP contribution in [0.25, 0.3) is 55.5 Å². The Bertz CT molecular complexity index is 3450. The van der Waals surface area contributed by atoms with Gasteiger partial charge in [0.25, 0.3) is 0 Å². The maximum absolute atomic E-state index is 7.17. The van der Waals surface area contributed by atoms with Crippen LogP contribution in [0.2, 0.25) is 0 Å². The molecule has 0 fully saturated rings. The highest BCUT2D eigenvalue weighted by Gasteiger charge is 2.59. The van der Waals surface area contributed by atoms with E-state index in [0.717, 1.165) is 44.9 Å². The predicted molar refractivity (Wildman–Crippen MR) is 259 cm³/mol. The van der Waals surface area contributed by atoms with E-state index in [9.17, 15) is 0 Å². The molecule has 2 aliphatic carbocycles. The first-order valence-electron chi connectivity index (χ1n) is 22.6. The maximum Gasteiger partial charge on any atom is 0.137 e. The molecule has 9 aromatic rings.